The third kappa shape index (κ3) is 2.70. The van der Waals surface area contributed by atoms with Gasteiger partial charge in [-0.1, -0.05) is 37.3 Å². The minimum atomic E-state index is 0.304. The van der Waals surface area contributed by atoms with E-state index in [-0.39, 0.29) is 0 Å². The number of phenolic OH excluding ortho intramolecular Hbond substituents is 1. The minimum absolute atomic E-state index is 0.304. The Bertz CT molecular complexity index is 589. The smallest absolute Gasteiger partial charge is 0.115 e. The zero-order chi connectivity index (χ0) is 13.9. The van der Waals surface area contributed by atoms with Crippen LogP contribution in [0.2, 0.25) is 0 Å². The molecule has 1 atom stereocenters. The molecule has 0 spiro atoms. The highest BCUT2D eigenvalue weighted by Gasteiger charge is 2.20. The number of nitrogens with one attached hydrogen (secondary N) is 1. The van der Waals surface area contributed by atoms with E-state index in [0.717, 1.165) is 25.8 Å². The van der Waals surface area contributed by atoms with Crippen molar-refractivity contribution in [2.24, 2.45) is 0 Å². The van der Waals surface area contributed by atoms with Crippen LogP contribution in [0, 0.1) is 0 Å². The Labute approximate surface area is 120 Å². The van der Waals surface area contributed by atoms with Gasteiger partial charge < -0.3 is 10.4 Å². The van der Waals surface area contributed by atoms with Gasteiger partial charge in [-0.2, -0.15) is 0 Å². The Morgan fingerprint density at radius 2 is 1.85 bits per heavy atom. The number of fused-ring (bicyclic) bond motifs is 1. The number of phenols is 1. The van der Waals surface area contributed by atoms with E-state index in [4.69, 9.17) is 0 Å². The molecule has 1 unspecified atom stereocenters. The number of aryl methyl sites for hydroxylation is 1. The molecule has 2 nitrogen and oxygen atoms in total. The molecule has 0 aliphatic carbocycles. The van der Waals surface area contributed by atoms with E-state index in [0.29, 0.717) is 11.8 Å². The summed E-state index contributed by atoms with van der Waals surface area (Å²) in [5.41, 5.74) is 5.33. The fraction of sp³-hybridized carbons (Fsp3) is 0.333. The standard InChI is InChI=1S/C18H21NO/c1-2-13-3-5-14(6-4-13)11-18-17-12-16(20)8-7-15(17)9-10-19-18/h3-8,12,18-20H,2,9-11H2,1H3. The van der Waals surface area contributed by atoms with Crippen LogP contribution in [0.1, 0.15) is 35.2 Å². The van der Waals surface area contributed by atoms with E-state index >= 15 is 0 Å². The molecule has 2 heteroatoms. The van der Waals surface area contributed by atoms with Gasteiger partial charge in [0.1, 0.15) is 5.75 Å². The van der Waals surface area contributed by atoms with Gasteiger partial charge in [-0.3, -0.25) is 0 Å². The summed E-state index contributed by atoms with van der Waals surface area (Å²) in [6, 6.07) is 14.9. The second-order valence-corrected chi connectivity index (χ2v) is 5.51. The topological polar surface area (TPSA) is 32.3 Å². The fourth-order valence-corrected chi connectivity index (χ4v) is 2.95. The SMILES string of the molecule is CCc1ccc(CC2NCCc3ccc(O)cc32)cc1. The molecule has 0 saturated carbocycles. The van der Waals surface area contributed by atoms with Gasteiger partial charge in [-0.15, -0.1) is 0 Å². The first-order chi connectivity index (χ1) is 9.76. The summed E-state index contributed by atoms with van der Waals surface area (Å²) >= 11 is 0. The van der Waals surface area contributed by atoms with Gasteiger partial charge in [0.2, 0.25) is 0 Å². The van der Waals surface area contributed by atoms with Gasteiger partial charge in [-0.25, -0.2) is 0 Å². The van der Waals surface area contributed by atoms with Crippen molar-refractivity contribution in [3.63, 3.8) is 0 Å². The third-order valence-electron chi connectivity index (χ3n) is 4.16. The van der Waals surface area contributed by atoms with Crippen molar-refractivity contribution in [3.8, 4) is 5.75 Å². The molecule has 0 fully saturated rings. The Hall–Kier alpha value is -1.80. The number of hydrogen-bond donors (Lipinski definition) is 2. The second-order valence-electron chi connectivity index (χ2n) is 5.51. The summed E-state index contributed by atoms with van der Waals surface area (Å²) in [4.78, 5) is 0. The van der Waals surface area contributed by atoms with E-state index in [1.165, 1.54) is 22.3 Å². The summed E-state index contributed by atoms with van der Waals surface area (Å²) < 4.78 is 0. The van der Waals surface area contributed by atoms with Crippen LogP contribution in [0.25, 0.3) is 0 Å². The highest BCUT2D eigenvalue weighted by Crippen LogP contribution is 2.29. The molecule has 1 aliphatic heterocycles. The van der Waals surface area contributed by atoms with Gasteiger partial charge >= 0.3 is 0 Å². The van der Waals surface area contributed by atoms with Crippen molar-refractivity contribution >= 4 is 0 Å². The lowest BCUT2D eigenvalue weighted by Crippen LogP contribution is -2.31. The molecule has 0 saturated heterocycles. The van der Waals surface area contributed by atoms with E-state index < -0.39 is 0 Å². The maximum Gasteiger partial charge on any atom is 0.115 e. The van der Waals surface area contributed by atoms with Crippen molar-refractivity contribution in [1.29, 1.82) is 0 Å². The largest absolute Gasteiger partial charge is 0.508 e. The van der Waals surface area contributed by atoms with Gasteiger partial charge in [-0.05, 0) is 60.2 Å². The van der Waals surface area contributed by atoms with Crippen LogP contribution < -0.4 is 5.32 Å². The average Bonchev–Trinajstić information content (AvgIpc) is 2.49. The molecule has 0 bridgehead atoms. The number of hydrogen-bond acceptors (Lipinski definition) is 2. The van der Waals surface area contributed by atoms with E-state index in [1.807, 2.05) is 6.07 Å². The highest BCUT2D eigenvalue weighted by molar-refractivity contribution is 5.39. The van der Waals surface area contributed by atoms with Crippen LogP contribution in [0.3, 0.4) is 0 Å². The molecule has 3 rings (SSSR count). The molecule has 0 radical (unpaired) electrons. The fourth-order valence-electron chi connectivity index (χ4n) is 2.95. The maximum absolute atomic E-state index is 9.71. The highest BCUT2D eigenvalue weighted by atomic mass is 16.3. The molecule has 0 aromatic heterocycles. The summed E-state index contributed by atoms with van der Waals surface area (Å²) in [6.45, 7) is 3.19. The van der Waals surface area contributed by atoms with Crippen LogP contribution in [0.5, 0.6) is 5.75 Å². The van der Waals surface area contributed by atoms with Crippen molar-refractivity contribution in [2.45, 2.75) is 32.2 Å². The molecule has 0 amide bonds. The van der Waals surface area contributed by atoms with Crippen molar-refractivity contribution < 1.29 is 5.11 Å². The molecule has 2 N–H and O–H groups in total. The van der Waals surface area contributed by atoms with E-state index in [9.17, 15) is 5.11 Å². The first kappa shape index (κ1) is 13.2. The van der Waals surface area contributed by atoms with Gasteiger partial charge in [0.25, 0.3) is 0 Å². The monoisotopic (exact) mass is 267 g/mol. The maximum atomic E-state index is 9.71. The Morgan fingerprint density at radius 3 is 2.60 bits per heavy atom. The summed E-state index contributed by atoms with van der Waals surface area (Å²) in [5.74, 6) is 0.360. The number of rotatable bonds is 3. The lowest BCUT2D eigenvalue weighted by molar-refractivity contribution is 0.463. The number of benzene rings is 2. The molecular weight excluding hydrogens is 246 g/mol. The van der Waals surface area contributed by atoms with Crippen LogP contribution in [0.15, 0.2) is 42.5 Å². The average molecular weight is 267 g/mol. The normalized spacial score (nSPS) is 17.8. The Kier molecular flexibility index (Phi) is 3.75. The van der Waals surface area contributed by atoms with Crippen LogP contribution in [0.4, 0.5) is 0 Å². The lowest BCUT2D eigenvalue weighted by atomic mass is 9.90. The first-order valence-electron chi connectivity index (χ1n) is 7.39. The quantitative estimate of drug-likeness (QED) is 0.893. The minimum Gasteiger partial charge on any atom is -0.508 e. The van der Waals surface area contributed by atoms with E-state index in [2.05, 4.69) is 42.6 Å². The Balaban J connectivity index is 1.83. The summed E-state index contributed by atoms with van der Waals surface area (Å²) in [5, 5.41) is 13.3. The molecule has 1 aliphatic rings. The molecular formula is C18H21NO. The predicted octanol–water partition coefficient (Wildman–Crippen LogP) is 3.38. The van der Waals surface area contributed by atoms with Crippen LogP contribution >= 0.6 is 0 Å². The number of aromatic hydroxyl groups is 1. The first-order valence-corrected chi connectivity index (χ1v) is 7.39. The molecule has 2 aromatic carbocycles. The van der Waals surface area contributed by atoms with Crippen molar-refractivity contribution in [1.82, 2.24) is 5.32 Å². The molecule has 104 valence electrons. The lowest BCUT2D eigenvalue weighted by Gasteiger charge is -2.27. The third-order valence-corrected chi connectivity index (χ3v) is 4.16. The zero-order valence-electron chi connectivity index (χ0n) is 11.9. The predicted molar refractivity (Wildman–Crippen MR) is 82.1 cm³/mol. The second kappa shape index (κ2) is 5.68. The van der Waals surface area contributed by atoms with Gasteiger partial charge in [0.05, 0.1) is 0 Å². The van der Waals surface area contributed by atoms with Crippen molar-refractivity contribution in [2.75, 3.05) is 6.54 Å². The van der Waals surface area contributed by atoms with Gasteiger partial charge in [0, 0.05) is 6.04 Å². The van der Waals surface area contributed by atoms with Crippen molar-refractivity contribution in [3.05, 3.63) is 64.7 Å². The summed E-state index contributed by atoms with van der Waals surface area (Å²) in [7, 11) is 0. The van der Waals surface area contributed by atoms with Gasteiger partial charge in [0.15, 0.2) is 0 Å². The molecule has 1 heterocycles. The van der Waals surface area contributed by atoms with E-state index in [1.54, 1.807) is 6.07 Å². The summed E-state index contributed by atoms with van der Waals surface area (Å²) in [6.07, 6.45) is 3.10. The Morgan fingerprint density at radius 1 is 1.10 bits per heavy atom. The van der Waals surface area contributed by atoms with Crippen LogP contribution in [-0.2, 0) is 19.3 Å². The zero-order valence-corrected chi connectivity index (χ0v) is 11.9. The van der Waals surface area contributed by atoms with Crippen LogP contribution in [-0.4, -0.2) is 11.7 Å². The molecule has 2 aromatic rings. The molecule has 20 heavy (non-hydrogen) atoms.